The molecule has 0 saturated heterocycles. The van der Waals surface area contributed by atoms with Crippen LogP contribution in [0.1, 0.15) is 30.1 Å². The Kier molecular flexibility index (Phi) is 4.95. The maximum absolute atomic E-state index is 11.5. The molecule has 0 aromatic heterocycles. The molecule has 1 rings (SSSR count). The van der Waals surface area contributed by atoms with Gasteiger partial charge < -0.3 is 14.9 Å². The molecular weight excluding hydrogens is 208 g/mol. The van der Waals surface area contributed by atoms with Gasteiger partial charge in [0.15, 0.2) is 0 Å². The topological polar surface area (TPSA) is 66.8 Å². The number of ether oxygens (including phenoxy) is 1. The lowest BCUT2D eigenvalue weighted by Crippen LogP contribution is -2.23. The molecule has 1 aromatic carbocycles. The summed E-state index contributed by atoms with van der Waals surface area (Å²) in [6.07, 6.45) is -1.36. The van der Waals surface area contributed by atoms with Gasteiger partial charge in [-0.1, -0.05) is 25.1 Å². The van der Waals surface area contributed by atoms with Gasteiger partial charge in [-0.05, 0) is 18.6 Å². The van der Waals surface area contributed by atoms with Crippen LogP contribution in [-0.4, -0.2) is 28.6 Å². The molecule has 0 aliphatic carbocycles. The second-order valence-corrected chi connectivity index (χ2v) is 3.52. The quantitative estimate of drug-likeness (QED) is 0.584. The molecule has 4 heteroatoms. The zero-order chi connectivity index (χ0) is 12.0. The van der Waals surface area contributed by atoms with Crippen molar-refractivity contribution < 1.29 is 19.7 Å². The molecule has 0 radical (unpaired) electrons. The van der Waals surface area contributed by atoms with E-state index in [4.69, 9.17) is 4.74 Å². The van der Waals surface area contributed by atoms with E-state index in [9.17, 15) is 15.0 Å². The summed E-state index contributed by atoms with van der Waals surface area (Å²) < 4.78 is 4.77. The first kappa shape index (κ1) is 12.7. The van der Waals surface area contributed by atoms with Crippen LogP contribution in [0.2, 0.25) is 0 Å². The average Bonchev–Trinajstić information content (AvgIpc) is 2.29. The first-order valence-electron chi connectivity index (χ1n) is 5.25. The van der Waals surface area contributed by atoms with Crippen molar-refractivity contribution in [2.75, 3.05) is 0 Å². The SMILES string of the molecule is CCC(O)CC(O)OC(=O)c1ccccc1. The van der Waals surface area contributed by atoms with Gasteiger partial charge in [-0.2, -0.15) is 0 Å². The Morgan fingerprint density at radius 2 is 1.94 bits per heavy atom. The lowest BCUT2D eigenvalue weighted by Gasteiger charge is -2.14. The summed E-state index contributed by atoms with van der Waals surface area (Å²) in [5.74, 6) is -0.587. The molecule has 0 aliphatic rings. The van der Waals surface area contributed by atoms with E-state index in [0.717, 1.165) is 0 Å². The van der Waals surface area contributed by atoms with Crippen molar-refractivity contribution >= 4 is 5.97 Å². The number of hydrogen-bond acceptors (Lipinski definition) is 4. The molecule has 2 N–H and O–H groups in total. The van der Waals surface area contributed by atoms with E-state index in [1.54, 1.807) is 37.3 Å². The third kappa shape index (κ3) is 4.00. The predicted octanol–water partition coefficient (Wildman–Crippen LogP) is 1.32. The largest absolute Gasteiger partial charge is 0.432 e. The van der Waals surface area contributed by atoms with Crippen molar-refractivity contribution in [1.82, 2.24) is 0 Å². The zero-order valence-corrected chi connectivity index (χ0v) is 9.17. The summed E-state index contributed by atoms with van der Waals surface area (Å²) in [6, 6.07) is 8.42. The molecule has 2 atom stereocenters. The fourth-order valence-corrected chi connectivity index (χ4v) is 1.21. The van der Waals surface area contributed by atoms with Crippen LogP contribution in [0.3, 0.4) is 0 Å². The van der Waals surface area contributed by atoms with Crippen LogP contribution in [0.4, 0.5) is 0 Å². The molecule has 4 nitrogen and oxygen atoms in total. The highest BCUT2D eigenvalue weighted by Gasteiger charge is 2.15. The maximum Gasteiger partial charge on any atom is 0.340 e. The average molecular weight is 224 g/mol. The highest BCUT2D eigenvalue weighted by molar-refractivity contribution is 5.89. The first-order chi connectivity index (χ1) is 7.63. The fourth-order valence-electron chi connectivity index (χ4n) is 1.21. The van der Waals surface area contributed by atoms with Crippen molar-refractivity contribution in [2.24, 2.45) is 0 Å². The Labute approximate surface area is 94.5 Å². The normalized spacial score (nSPS) is 14.2. The molecule has 2 unspecified atom stereocenters. The Hall–Kier alpha value is -1.39. The monoisotopic (exact) mass is 224 g/mol. The van der Waals surface area contributed by atoms with Crippen molar-refractivity contribution in [2.45, 2.75) is 32.2 Å². The molecule has 0 heterocycles. The van der Waals surface area contributed by atoms with E-state index in [-0.39, 0.29) is 6.42 Å². The number of hydrogen-bond donors (Lipinski definition) is 2. The number of benzene rings is 1. The Balaban J connectivity index is 2.46. The number of aliphatic hydroxyl groups excluding tert-OH is 2. The minimum atomic E-state index is -1.26. The molecular formula is C12H16O4. The molecule has 0 bridgehead atoms. The molecule has 0 saturated carbocycles. The summed E-state index contributed by atoms with van der Waals surface area (Å²) in [4.78, 5) is 11.5. The van der Waals surface area contributed by atoms with E-state index in [2.05, 4.69) is 0 Å². The molecule has 16 heavy (non-hydrogen) atoms. The number of aliphatic hydroxyl groups is 2. The maximum atomic E-state index is 11.5. The van der Waals surface area contributed by atoms with Gasteiger partial charge in [0.05, 0.1) is 11.7 Å². The van der Waals surface area contributed by atoms with Crippen LogP contribution in [0, 0.1) is 0 Å². The van der Waals surface area contributed by atoms with Crippen molar-refractivity contribution in [3.63, 3.8) is 0 Å². The second-order valence-electron chi connectivity index (χ2n) is 3.52. The van der Waals surface area contributed by atoms with Crippen LogP contribution < -0.4 is 0 Å². The summed E-state index contributed by atoms with van der Waals surface area (Å²) >= 11 is 0. The number of rotatable bonds is 5. The lowest BCUT2D eigenvalue weighted by molar-refractivity contribution is -0.0860. The van der Waals surface area contributed by atoms with Crippen LogP contribution in [0.25, 0.3) is 0 Å². The summed E-state index contributed by atoms with van der Waals surface area (Å²) in [6.45, 7) is 1.79. The van der Waals surface area contributed by atoms with Crippen LogP contribution >= 0.6 is 0 Å². The molecule has 0 spiro atoms. The third-order valence-corrected chi connectivity index (χ3v) is 2.20. The molecule has 0 aliphatic heterocycles. The van der Waals surface area contributed by atoms with E-state index < -0.39 is 18.4 Å². The summed E-state index contributed by atoms with van der Waals surface area (Å²) in [5, 5.41) is 18.6. The fraction of sp³-hybridized carbons (Fsp3) is 0.417. The van der Waals surface area contributed by atoms with Crippen LogP contribution in [0.5, 0.6) is 0 Å². The van der Waals surface area contributed by atoms with E-state index in [0.29, 0.717) is 12.0 Å². The van der Waals surface area contributed by atoms with Crippen LogP contribution in [0.15, 0.2) is 30.3 Å². The molecule has 1 aromatic rings. The number of esters is 1. The van der Waals surface area contributed by atoms with Gasteiger partial charge in [-0.25, -0.2) is 4.79 Å². The Bertz CT molecular complexity index is 323. The minimum absolute atomic E-state index is 0.0368. The van der Waals surface area contributed by atoms with Crippen molar-refractivity contribution in [1.29, 1.82) is 0 Å². The number of carbonyl (C=O) groups excluding carboxylic acids is 1. The van der Waals surface area contributed by atoms with E-state index in [1.807, 2.05) is 0 Å². The van der Waals surface area contributed by atoms with Gasteiger partial charge in [0, 0.05) is 6.42 Å². The zero-order valence-electron chi connectivity index (χ0n) is 9.17. The van der Waals surface area contributed by atoms with Crippen molar-refractivity contribution in [3.8, 4) is 0 Å². The smallest absolute Gasteiger partial charge is 0.340 e. The number of carbonyl (C=O) groups is 1. The molecule has 0 amide bonds. The van der Waals surface area contributed by atoms with Gasteiger partial charge >= 0.3 is 5.97 Å². The van der Waals surface area contributed by atoms with Gasteiger partial charge in [0.2, 0.25) is 6.29 Å². The highest BCUT2D eigenvalue weighted by Crippen LogP contribution is 2.07. The first-order valence-corrected chi connectivity index (χ1v) is 5.25. The van der Waals surface area contributed by atoms with Crippen LogP contribution in [-0.2, 0) is 4.74 Å². The summed E-state index contributed by atoms with van der Waals surface area (Å²) in [5.41, 5.74) is 0.382. The van der Waals surface area contributed by atoms with Gasteiger partial charge in [0.1, 0.15) is 0 Å². The van der Waals surface area contributed by atoms with Crippen molar-refractivity contribution in [3.05, 3.63) is 35.9 Å². The van der Waals surface area contributed by atoms with E-state index >= 15 is 0 Å². The van der Waals surface area contributed by atoms with E-state index in [1.165, 1.54) is 0 Å². The van der Waals surface area contributed by atoms with Gasteiger partial charge in [-0.3, -0.25) is 0 Å². The molecule has 0 fully saturated rings. The van der Waals surface area contributed by atoms with Gasteiger partial charge in [-0.15, -0.1) is 0 Å². The Morgan fingerprint density at radius 3 is 2.50 bits per heavy atom. The predicted molar refractivity (Wildman–Crippen MR) is 58.8 cm³/mol. The second kappa shape index (κ2) is 6.25. The molecule has 88 valence electrons. The third-order valence-electron chi connectivity index (χ3n) is 2.20. The minimum Gasteiger partial charge on any atom is -0.432 e. The lowest BCUT2D eigenvalue weighted by atomic mass is 10.2. The standard InChI is InChI=1S/C12H16O4/c1-2-10(13)8-11(14)16-12(15)9-6-4-3-5-7-9/h3-7,10-11,13-14H,2,8H2,1H3. The summed E-state index contributed by atoms with van der Waals surface area (Å²) in [7, 11) is 0. The Morgan fingerprint density at radius 1 is 1.31 bits per heavy atom. The van der Waals surface area contributed by atoms with Gasteiger partial charge in [0.25, 0.3) is 0 Å². The highest BCUT2D eigenvalue weighted by atomic mass is 16.6.